The molecule has 0 aliphatic carbocycles. The summed E-state index contributed by atoms with van der Waals surface area (Å²) in [6.45, 7) is 1.00. The Bertz CT molecular complexity index is 359. The molecule has 2 unspecified atom stereocenters. The van der Waals surface area contributed by atoms with Crippen LogP contribution in [0.15, 0.2) is 12.3 Å². The van der Waals surface area contributed by atoms with E-state index in [2.05, 4.69) is 16.1 Å². The zero-order valence-corrected chi connectivity index (χ0v) is 9.84. The van der Waals surface area contributed by atoms with Crippen molar-refractivity contribution >= 4 is 0 Å². The van der Waals surface area contributed by atoms with Gasteiger partial charge in [0.25, 0.3) is 0 Å². The van der Waals surface area contributed by atoms with Crippen LogP contribution in [0.1, 0.15) is 31.4 Å². The Morgan fingerprint density at radius 2 is 2.06 bits per heavy atom. The first-order valence-electron chi connectivity index (χ1n) is 6.22. The van der Waals surface area contributed by atoms with Crippen LogP contribution in [-0.4, -0.2) is 32.8 Å². The van der Waals surface area contributed by atoms with Crippen molar-refractivity contribution in [1.29, 1.82) is 0 Å². The average molecular weight is 220 g/mol. The van der Waals surface area contributed by atoms with E-state index in [1.54, 1.807) is 0 Å². The van der Waals surface area contributed by atoms with Crippen LogP contribution in [0.4, 0.5) is 0 Å². The van der Waals surface area contributed by atoms with Gasteiger partial charge in [0.2, 0.25) is 0 Å². The van der Waals surface area contributed by atoms with Crippen LogP contribution in [0.25, 0.3) is 0 Å². The van der Waals surface area contributed by atoms with Crippen LogP contribution in [-0.2, 0) is 13.6 Å². The molecule has 0 aromatic carbocycles. The van der Waals surface area contributed by atoms with Gasteiger partial charge in [-0.1, -0.05) is 0 Å². The smallest absolute Gasteiger partial charge is 0.0764 e. The lowest BCUT2D eigenvalue weighted by Gasteiger charge is -2.37. The number of fused-ring (bicyclic) bond motifs is 2. The van der Waals surface area contributed by atoms with E-state index in [4.69, 9.17) is 5.73 Å². The summed E-state index contributed by atoms with van der Waals surface area (Å²) in [5, 5.41) is 4.46. The van der Waals surface area contributed by atoms with E-state index in [0.29, 0.717) is 18.1 Å². The molecule has 4 heteroatoms. The molecule has 1 aromatic heterocycles. The number of hydrogen-bond donors (Lipinski definition) is 1. The molecule has 2 aliphatic heterocycles. The molecule has 3 rings (SSSR count). The zero-order chi connectivity index (χ0) is 11.1. The van der Waals surface area contributed by atoms with Gasteiger partial charge in [0.1, 0.15) is 0 Å². The van der Waals surface area contributed by atoms with E-state index in [9.17, 15) is 0 Å². The van der Waals surface area contributed by atoms with Gasteiger partial charge >= 0.3 is 0 Å². The molecule has 16 heavy (non-hydrogen) atoms. The molecule has 3 heterocycles. The summed E-state index contributed by atoms with van der Waals surface area (Å²) in [4.78, 5) is 2.62. The number of hydrogen-bond acceptors (Lipinski definition) is 3. The Kier molecular flexibility index (Phi) is 2.48. The van der Waals surface area contributed by atoms with Crippen molar-refractivity contribution in [2.75, 3.05) is 0 Å². The van der Waals surface area contributed by atoms with Crippen LogP contribution in [0.3, 0.4) is 0 Å². The topological polar surface area (TPSA) is 47.1 Å². The SMILES string of the molecule is Cn1ccc(CN2C3CCC2CC(N)C3)n1. The number of aromatic nitrogens is 2. The largest absolute Gasteiger partial charge is 0.328 e. The Hall–Kier alpha value is -0.870. The van der Waals surface area contributed by atoms with Gasteiger partial charge in [0.05, 0.1) is 5.69 Å². The van der Waals surface area contributed by atoms with Crippen molar-refractivity contribution < 1.29 is 0 Å². The molecule has 4 nitrogen and oxygen atoms in total. The van der Waals surface area contributed by atoms with Crippen LogP contribution in [0.2, 0.25) is 0 Å². The lowest BCUT2D eigenvalue weighted by molar-refractivity contribution is 0.118. The summed E-state index contributed by atoms with van der Waals surface area (Å²) < 4.78 is 1.88. The third-order valence-electron chi connectivity index (χ3n) is 4.03. The summed E-state index contributed by atoms with van der Waals surface area (Å²) in [5.41, 5.74) is 7.26. The van der Waals surface area contributed by atoms with Crippen LogP contribution in [0, 0.1) is 0 Å². The highest BCUT2D eigenvalue weighted by Crippen LogP contribution is 2.35. The molecule has 2 aliphatic rings. The quantitative estimate of drug-likeness (QED) is 0.804. The first-order chi connectivity index (χ1) is 7.72. The molecule has 0 saturated carbocycles. The predicted molar refractivity (Wildman–Crippen MR) is 62.8 cm³/mol. The first-order valence-corrected chi connectivity index (χ1v) is 6.22. The van der Waals surface area contributed by atoms with E-state index < -0.39 is 0 Å². The Morgan fingerprint density at radius 3 is 2.62 bits per heavy atom. The fourth-order valence-electron chi connectivity index (χ4n) is 3.31. The maximum atomic E-state index is 6.07. The second kappa shape index (κ2) is 3.86. The maximum absolute atomic E-state index is 6.07. The van der Waals surface area contributed by atoms with Gasteiger partial charge in [-0.15, -0.1) is 0 Å². The minimum atomic E-state index is 0.428. The average Bonchev–Trinajstić information content (AvgIpc) is 2.72. The van der Waals surface area contributed by atoms with E-state index in [-0.39, 0.29) is 0 Å². The second-order valence-electron chi connectivity index (χ2n) is 5.27. The predicted octanol–water partition coefficient (Wildman–Crippen LogP) is 0.874. The van der Waals surface area contributed by atoms with Crippen molar-refractivity contribution in [2.24, 2.45) is 12.8 Å². The van der Waals surface area contributed by atoms with Crippen LogP contribution in [0.5, 0.6) is 0 Å². The maximum Gasteiger partial charge on any atom is 0.0764 e. The zero-order valence-electron chi connectivity index (χ0n) is 9.84. The summed E-state index contributed by atoms with van der Waals surface area (Å²) >= 11 is 0. The highest BCUT2D eigenvalue weighted by atomic mass is 15.3. The molecule has 0 amide bonds. The number of nitrogens with zero attached hydrogens (tertiary/aromatic N) is 3. The Balaban J connectivity index is 1.72. The van der Waals surface area contributed by atoms with Crippen molar-refractivity contribution in [2.45, 2.75) is 50.4 Å². The third-order valence-corrected chi connectivity index (χ3v) is 4.03. The van der Waals surface area contributed by atoms with Crippen molar-refractivity contribution in [3.05, 3.63) is 18.0 Å². The Morgan fingerprint density at radius 1 is 1.38 bits per heavy atom. The number of piperidine rings is 1. The summed E-state index contributed by atoms with van der Waals surface area (Å²) in [7, 11) is 1.98. The van der Waals surface area contributed by atoms with Crippen molar-refractivity contribution in [3.63, 3.8) is 0 Å². The van der Waals surface area contributed by atoms with Crippen LogP contribution >= 0.6 is 0 Å². The summed E-state index contributed by atoms with van der Waals surface area (Å²) in [6, 6.07) is 3.96. The molecule has 88 valence electrons. The highest BCUT2D eigenvalue weighted by molar-refractivity contribution is 5.03. The van der Waals surface area contributed by atoms with E-state index in [1.165, 1.54) is 31.4 Å². The van der Waals surface area contributed by atoms with E-state index in [1.807, 2.05) is 17.9 Å². The summed E-state index contributed by atoms with van der Waals surface area (Å²) in [6.07, 6.45) is 7.01. The van der Waals surface area contributed by atoms with Gasteiger partial charge in [-0.3, -0.25) is 9.58 Å². The molecular weight excluding hydrogens is 200 g/mol. The molecule has 2 bridgehead atoms. The third kappa shape index (κ3) is 1.76. The Labute approximate surface area is 96.4 Å². The molecule has 0 spiro atoms. The molecular formula is C12H20N4. The molecule has 2 saturated heterocycles. The number of nitrogens with two attached hydrogens (primary N) is 1. The van der Waals surface area contributed by atoms with E-state index in [0.717, 1.165) is 6.54 Å². The minimum Gasteiger partial charge on any atom is -0.328 e. The highest BCUT2D eigenvalue weighted by Gasteiger charge is 2.39. The normalized spacial score (nSPS) is 34.5. The van der Waals surface area contributed by atoms with E-state index >= 15 is 0 Å². The van der Waals surface area contributed by atoms with Gasteiger partial charge in [0, 0.05) is 37.9 Å². The minimum absolute atomic E-state index is 0.428. The van der Waals surface area contributed by atoms with Crippen LogP contribution < -0.4 is 5.73 Å². The molecule has 2 fully saturated rings. The lowest BCUT2D eigenvalue weighted by atomic mass is 9.98. The van der Waals surface area contributed by atoms with Gasteiger partial charge in [-0.25, -0.2) is 0 Å². The fraction of sp³-hybridized carbons (Fsp3) is 0.750. The monoisotopic (exact) mass is 220 g/mol. The fourth-order valence-corrected chi connectivity index (χ4v) is 3.31. The second-order valence-corrected chi connectivity index (χ2v) is 5.27. The van der Waals surface area contributed by atoms with Gasteiger partial charge in [-0.05, 0) is 31.7 Å². The molecule has 2 atom stereocenters. The first kappa shape index (κ1) is 10.3. The molecule has 2 N–H and O–H groups in total. The van der Waals surface area contributed by atoms with Crippen molar-refractivity contribution in [1.82, 2.24) is 14.7 Å². The molecule has 0 radical (unpaired) electrons. The summed E-state index contributed by atoms with van der Waals surface area (Å²) in [5.74, 6) is 0. The molecule has 1 aromatic rings. The number of aryl methyl sites for hydroxylation is 1. The van der Waals surface area contributed by atoms with Gasteiger partial charge < -0.3 is 5.73 Å². The van der Waals surface area contributed by atoms with Crippen molar-refractivity contribution in [3.8, 4) is 0 Å². The standard InChI is InChI=1S/C12H20N4/c1-15-5-4-10(14-15)8-16-11-2-3-12(16)7-9(13)6-11/h4-5,9,11-12H,2-3,6-8,13H2,1H3. The lowest BCUT2D eigenvalue weighted by Crippen LogP contribution is -2.46. The van der Waals surface area contributed by atoms with Gasteiger partial charge in [0.15, 0.2) is 0 Å². The number of rotatable bonds is 2. The van der Waals surface area contributed by atoms with Gasteiger partial charge in [-0.2, -0.15) is 5.10 Å².